The number of hydrogen-bond acceptors (Lipinski definition) is 5. The van der Waals surface area contributed by atoms with Crippen LogP contribution in [0.1, 0.15) is 18.5 Å². The molecule has 1 atom stereocenters. The number of hydrogen-bond donors (Lipinski definition) is 2. The van der Waals surface area contributed by atoms with Gasteiger partial charge in [-0.15, -0.1) is 0 Å². The lowest BCUT2D eigenvalue weighted by atomic mass is 10.1. The third-order valence-electron chi connectivity index (χ3n) is 4.81. The standard InChI is InChI=1S/C21H18F2N6O/c1-11-9-26-18(14-7-13(22)3-4-15(14)23)8-17(11)27-16-5-6-25-19-10-29(28-20(16)19)12(2)21(24)30/h3-10,12H,1-2H3,(H2,24,30)(H,26,27). The first-order valence-corrected chi connectivity index (χ1v) is 9.16. The number of aryl methyl sites for hydroxylation is 1. The Bertz CT molecular complexity index is 1270. The highest BCUT2D eigenvalue weighted by molar-refractivity contribution is 5.90. The molecule has 1 amide bonds. The first-order chi connectivity index (χ1) is 14.3. The monoisotopic (exact) mass is 408 g/mol. The van der Waals surface area contributed by atoms with E-state index in [9.17, 15) is 13.6 Å². The molecule has 4 rings (SSSR count). The fourth-order valence-corrected chi connectivity index (χ4v) is 3.01. The predicted octanol–water partition coefficient (Wildman–Crippen LogP) is 3.87. The van der Waals surface area contributed by atoms with Crippen molar-refractivity contribution in [3.05, 3.63) is 66.1 Å². The van der Waals surface area contributed by atoms with E-state index in [1.54, 1.807) is 37.6 Å². The molecule has 0 spiro atoms. The van der Waals surface area contributed by atoms with Crippen molar-refractivity contribution in [1.82, 2.24) is 19.7 Å². The Labute approximate surface area is 170 Å². The van der Waals surface area contributed by atoms with Gasteiger partial charge in [0.1, 0.15) is 28.7 Å². The van der Waals surface area contributed by atoms with Crippen LogP contribution < -0.4 is 11.1 Å². The summed E-state index contributed by atoms with van der Waals surface area (Å²) in [7, 11) is 0. The molecule has 0 radical (unpaired) electrons. The minimum Gasteiger partial charge on any atom is -0.368 e. The quantitative estimate of drug-likeness (QED) is 0.522. The van der Waals surface area contributed by atoms with Gasteiger partial charge in [-0.2, -0.15) is 5.10 Å². The van der Waals surface area contributed by atoms with Crippen LogP contribution in [0.5, 0.6) is 0 Å². The fourth-order valence-electron chi connectivity index (χ4n) is 3.01. The largest absolute Gasteiger partial charge is 0.368 e. The van der Waals surface area contributed by atoms with Gasteiger partial charge < -0.3 is 11.1 Å². The Morgan fingerprint density at radius 1 is 1.17 bits per heavy atom. The second-order valence-electron chi connectivity index (χ2n) is 6.91. The van der Waals surface area contributed by atoms with Crippen molar-refractivity contribution in [2.75, 3.05) is 5.32 Å². The average molecular weight is 408 g/mol. The van der Waals surface area contributed by atoms with Crippen molar-refractivity contribution >= 4 is 28.3 Å². The van der Waals surface area contributed by atoms with E-state index in [4.69, 9.17) is 5.73 Å². The number of benzene rings is 1. The number of aromatic nitrogens is 4. The molecule has 0 fully saturated rings. The number of halogens is 2. The van der Waals surface area contributed by atoms with E-state index in [0.29, 0.717) is 28.1 Å². The zero-order valence-electron chi connectivity index (χ0n) is 16.2. The second kappa shape index (κ2) is 7.51. The summed E-state index contributed by atoms with van der Waals surface area (Å²) in [6.07, 6.45) is 4.83. The van der Waals surface area contributed by atoms with Crippen LogP contribution >= 0.6 is 0 Å². The van der Waals surface area contributed by atoms with E-state index in [1.165, 1.54) is 4.68 Å². The van der Waals surface area contributed by atoms with E-state index < -0.39 is 23.6 Å². The highest BCUT2D eigenvalue weighted by atomic mass is 19.1. The Morgan fingerprint density at radius 3 is 2.73 bits per heavy atom. The van der Waals surface area contributed by atoms with Crippen LogP contribution in [0.2, 0.25) is 0 Å². The van der Waals surface area contributed by atoms with Gasteiger partial charge in [-0.05, 0) is 49.7 Å². The smallest absolute Gasteiger partial charge is 0.241 e. The molecule has 3 N–H and O–H groups in total. The number of nitrogens with zero attached hydrogens (tertiary/aromatic N) is 4. The Balaban J connectivity index is 1.75. The minimum atomic E-state index is -0.628. The summed E-state index contributed by atoms with van der Waals surface area (Å²) in [4.78, 5) is 20.0. The third kappa shape index (κ3) is 3.57. The maximum absolute atomic E-state index is 14.2. The van der Waals surface area contributed by atoms with Gasteiger partial charge in [0.15, 0.2) is 0 Å². The summed E-state index contributed by atoms with van der Waals surface area (Å²) in [5, 5.41) is 7.68. The van der Waals surface area contributed by atoms with Crippen molar-refractivity contribution < 1.29 is 13.6 Å². The third-order valence-corrected chi connectivity index (χ3v) is 4.81. The first-order valence-electron chi connectivity index (χ1n) is 9.16. The molecule has 7 nitrogen and oxygen atoms in total. The summed E-state index contributed by atoms with van der Waals surface area (Å²) in [6.45, 7) is 3.49. The van der Waals surface area contributed by atoms with Crippen LogP contribution in [0.3, 0.4) is 0 Å². The van der Waals surface area contributed by atoms with Crippen molar-refractivity contribution in [2.24, 2.45) is 5.73 Å². The predicted molar refractivity (Wildman–Crippen MR) is 109 cm³/mol. The number of fused-ring (bicyclic) bond motifs is 1. The lowest BCUT2D eigenvalue weighted by Crippen LogP contribution is -2.24. The molecule has 0 aliphatic rings. The van der Waals surface area contributed by atoms with Gasteiger partial charge >= 0.3 is 0 Å². The SMILES string of the molecule is Cc1cnc(-c2cc(F)ccc2F)cc1Nc1ccnc2cn(C(C)C(N)=O)nc12. The van der Waals surface area contributed by atoms with E-state index in [2.05, 4.69) is 20.4 Å². The number of pyridine rings is 2. The maximum atomic E-state index is 14.2. The highest BCUT2D eigenvalue weighted by Gasteiger charge is 2.16. The van der Waals surface area contributed by atoms with Crippen LogP contribution in [0.25, 0.3) is 22.3 Å². The van der Waals surface area contributed by atoms with Crippen LogP contribution in [-0.2, 0) is 4.79 Å². The van der Waals surface area contributed by atoms with Gasteiger partial charge in [0.05, 0.1) is 17.6 Å². The molecule has 0 saturated carbocycles. The van der Waals surface area contributed by atoms with Crippen molar-refractivity contribution in [3.63, 3.8) is 0 Å². The molecule has 30 heavy (non-hydrogen) atoms. The average Bonchev–Trinajstić information content (AvgIpc) is 3.16. The van der Waals surface area contributed by atoms with Crippen molar-refractivity contribution in [2.45, 2.75) is 19.9 Å². The number of anilines is 2. The Kier molecular flexibility index (Phi) is 4.86. The minimum absolute atomic E-state index is 0.0671. The molecule has 3 aromatic heterocycles. The lowest BCUT2D eigenvalue weighted by molar-refractivity contribution is -0.120. The molecule has 0 saturated heterocycles. The molecule has 9 heteroatoms. The molecule has 152 valence electrons. The summed E-state index contributed by atoms with van der Waals surface area (Å²) < 4.78 is 29.2. The number of rotatable bonds is 5. The van der Waals surface area contributed by atoms with Gasteiger partial charge in [-0.1, -0.05) is 0 Å². The molecular weight excluding hydrogens is 390 g/mol. The van der Waals surface area contributed by atoms with E-state index >= 15 is 0 Å². The lowest BCUT2D eigenvalue weighted by Gasteiger charge is -2.12. The van der Waals surface area contributed by atoms with Gasteiger partial charge in [0, 0.05) is 23.6 Å². The summed E-state index contributed by atoms with van der Waals surface area (Å²) in [5.74, 6) is -1.62. The van der Waals surface area contributed by atoms with Crippen LogP contribution in [0.15, 0.2) is 48.9 Å². The van der Waals surface area contributed by atoms with E-state index in [1.807, 2.05) is 6.92 Å². The Hall–Kier alpha value is -3.88. The number of carbonyl (C=O) groups excluding carboxylic acids is 1. The zero-order chi connectivity index (χ0) is 21.4. The summed E-state index contributed by atoms with van der Waals surface area (Å²) >= 11 is 0. The van der Waals surface area contributed by atoms with Crippen LogP contribution in [-0.4, -0.2) is 25.7 Å². The maximum Gasteiger partial charge on any atom is 0.241 e. The van der Waals surface area contributed by atoms with Crippen molar-refractivity contribution in [3.8, 4) is 11.3 Å². The topological polar surface area (TPSA) is 98.7 Å². The molecule has 0 aliphatic heterocycles. The Morgan fingerprint density at radius 2 is 1.97 bits per heavy atom. The van der Waals surface area contributed by atoms with E-state index in [-0.39, 0.29) is 5.56 Å². The second-order valence-corrected chi connectivity index (χ2v) is 6.91. The van der Waals surface area contributed by atoms with E-state index in [0.717, 1.165) is 23.8 Å². The summed E-state index contributed by atoms with van der Waals surface area (Å²) in [5.41, 5.74) is 8.92. The molecule has 1 aromatic carbocycles. The molecule has 3 heterocycles. The first kappa shape index (κ1) is 19.4. The van der Waals surface area contributed by atoms with Gasteiger partial charge in [-0.25, -0.2) is 8.78 Å². The molecule has 1 unspecified atom stereocenters. The number of nitrogens with one attached hydrogen (secondary N) is 1. The number of nitrogens with two attached hydrogens (primary N) is 1. The van der Waals surface area contributed by atoms with Gasteiger partial charge in [-0.3, -0.25) is 19.4 Å². The van der Waals surface area contributed by atoms with Gasteiger partial charge in [0.2, 0.25) is 5.91 Å². The normalized spacial score (nSPS) is 12.1. The number of amides is 1. The van der Waals surface area contributed by atoms with Crippen LogP contribution in [0, 0.1) is 18.6 Å². The molecular formula is C21H18F2N6O. The molecule has 4 aromatic rings. The zero-order valence-corrected chi connectivity index (χ0v) is 16.2. The fraction of sp³-hybridized carbons (Fsp3) is 0.143. The van der Waals surface area contributed by atoms with Crippen LogP contribution in [0.4, 0.5) is 20.2 Å². The molecule has 0 bridgehead atoms. The molecule has 0 aliphatic carbocycles. The number of carbonyl (C=O) groups is 1. The highest BCUT2D eigenvalue weighted by Crippen LogP contribution is 2.30. The van der Waals surface area contributed by atoms with Gasteiger partial charge in [0.25, 0.3) is 0 Å². The van der Waals surface area contributed by atoms with Crippen molar-refractivity contribution in [1.29, 1.82) is 0 Å². The number of primary amides is 1. The summed E-state index contributed by atoms with van der Waals surface area (Å²) in [6, 6.07) is 5.98.